The number of aromatic nitrogens is 3. The Bertz CT molecular complexity index is 1270. The van der Waals surface area contributed by atoms with Crippen molar-refractivity contribution in [3.63, 3.8) is 0 Å². The summed E-state index contributed by atoms with van der Waals surface area (Å²) in [6.07, 6.45) is 0. The van der Waals surface area contributed by atoms with Crippen LogP contribution in [0.2, 0.25) is 0 Å². The van der Waals surface area contributed by atoms with Gasteiger partial charge in [-0.15, -0.1) is 10.2 Å². The van der Waals surface area contributed by atoms with Crippen LogP contribution < -0.4 is 5.63 Å². The molecule has 0 radical (unpaired) electrons. The first-order valence-electron chi connectivity index (χ1n) is 8.24. The van der Waals surface area contributed by atoms with Gasteiger partial charge in [0.05, 0.1) is 11.3 Å². The number of rotatable bonds is 2. The second-order valence-corrected chi connectivity index (χ2v) is 6.01. The van der Waals surface area contributed by atoms with Crippen molar-refractivity contribution in [1.82, 2.24) is 15.0 Å². The van der Waals surface area contributed by atoms with Gasteiger partial charge in [0.15, 0.2) is 0 Å². The molecule has 0 bridgehead atoms. The predicted molar refractivity (Wildman–Crippen MR) is 100 cm³/mol. The van der Waals surface area contributed by atoms with Crippen molar-refractivity contribution in [3.8, 4) is 16.8 Å². The first-order valence-corrected chi connectivity index (χ1v) is 8.24. The normalized spacial score (nSPS) is 11.2. The third kappa shape index (κ3) is 2.38. The molecule has 0 atom stereocenters. The predicted octanol–water partition coefficient (Wildman–Crippen LogP) is 4.19. The van der Waals surface area contributed by atoms with E-state index >= 15 is 0 Å². The second-order valence-electron chi connectivity index (χ2n) is 6.01. The maximum atomic E-state index is 12.4. The molecule has 5 aromatic rings. The van der Waals surface area contributed by atoms with E-state index in [4.69, 9.17) is 4.42 Å². The van der Waals surface area contributed by atoms with Crippen molar-refractivity contribution in [2.75, 3.05) is 0 Å². The van der Waals surface area contributed by atoms with E-state index in [2.05, 4.69) is 10.2 Å². The Morgan fingerprint density at radius 2 is 1.46 bits per heavy atom. The second kappa shape index (κ2) is 5.67. The molecular formula is C21H13N3O2. The van der Waals surface area contributed by atoms with Gasteiger partial charge >= 0.3 is 5.63 Å². The van der Waals surface area contributed by atoms with E-state index in [1.807, 2.05) is 72.8 Å². The summed E-state index contributed by atoms with van der Waals surface area (Å²) in [6, 6.07) is 24.6. The molecule has 124 valence electrons. The fourth-order valence-electron chi connectivity index (χ4n) is 3.02. The first-order chi connectivity index (χ1) is 12.8. The van der Waals surface area contributed by atoms with E-state index in [-0.39, 0.29) is 5.63 Å². The number of benzene rings is 3. The van der Waals surface area contributed by atoms with Crippen LogP contribution in [0.15, 0.2) is 88.1 Å². The third-order valence-electron chi connectivity index (χ3n) is 4.32. The van der Waals surface area contributed by atoms with E-state index in [1.165, 1.54) is 0 Å². The van der Waals surface area contributed by atoms with Crippen LogP contribution in [0.5, 0.6) is 0 Å². The van der Waals surface area contributed by atoms with Gasteiger partial charge in [0.2, 0.25) is 0 Å². The largest absolute Gasteiger partial charge is 0.422 e. The molecule has 0 aliphatic carbocycles. The molecule has 26 heavy (non-hydrogen) atoms. The van der Waals surface area contributed by atoms with Crippen LogP contribution in [0.1, 0.15) is 0 Å². The molecule has 0 saturated carbocycles. The van der Waals surface area contributed by atoms with Crippen molar-refractivity contribution >= 4 is 22.0 Å². The van der Waals surface area contributed by atoms with Gasteiger partial charge in [0.1, 0.15) is 16.6 Å². The Balaban J connectivity index is 1.65. The molecule has 0 amide bonds. The summed E-state index contributed by atoms with van der Waals surface area (Å²) in [4.78, 5) is 14.0. The molecule has 0 saturated heterocycles. The molecule has 0 N–H and O–H groups in total. The summed E-state index contributed by atoms with van der Waals surface area (Å²) in [5, 5.41) is 9.78. The lowest BCUT2D eigenvalue weighted by atomic mass is 10.1. The Morgan fingerprint density at radius 1 is 0.769 bits per heavy atom. The number of nitrogens with zero attached hydrogens (tertiary/aromatic N) is 3. The Labute approximate surface area is 148 Å². The van der Waals surface area contributed by atoms with Crippen molar-refractivity contribution < 1.29 is 4.42 Å². The summed E-state index contributed by atoms with van der Waals surface area (Å²) in [7, 11) is 0. The maximum absolute atomic E-state index is 12.4. The average Bonchev–Trinajstić information content (AvgIpc) is 3.12. The van der Waals surface area contributed by atoms with E-state index < -0.39 is 0 Å². The summed E-state index contributed by atoms with van der Waals surface area (Å²) in [6.45, 7) is 0. The molecule has 2 heterocycles. The van der Waals surface area contributed by atoms with Crippen molar-refractivity contribution in [1.29, 1.82) is 0 Å². The molecule has 0 aliphatic rings. The summed E-state index contributed by atoms with van der Waals surface area (Å²) in [5.41, 5.74) is 3.90. The highest BCUT2D eigenvalue weighted by atomic mass is 16.4. The molecule has 5 rings (SSSR count). The molecule has 2 aromatic heterocycles. The van der Waals surface area contributed by atoms with Crippen LogP contribution >= 0.6 is 0 Å². The van der Waals surface area contributed by atoms with E-state index in [0.29, 0.717) is 11.1 Å². The van der Waals surface area contributed by atoms with Crippen LogP contribution in [0, 0.1) is 0 Å². The fourth-order valence-corrected chi connectivity index (χ4v) is 3.02. The third-order valence-corrected chi connectivity index (χ3v) is 4.32. The van der Waals surface area contributed by atoms with Gasteiger partial charge < -0.3 is 4.42 Å². The van der Waals surface area contributed by atoms with Crippen molar-refractivity contribution in [2.45, 2.75) is 0 Å². The lowest BCUT2D eigenvalue weighted by Crippen LogP contribution is -2.03. The highest BCUT2D eigenvalue weighted by Gasteiger charge is 2.10. The zero-order valence-electron chi connectivity index (χ0n) is 13.7. The van der Waals surface area contributed by atoms with Crippen molar-refractivity contribution in [3.05, 3.63) is 89.3 Å². The van der Waals surface area contributed by atoms with Gasteiger partial charge in [-0.3, -0.25) is 0 Å². The van der Waals surface area contributed by atoms with Gasteiger partial charge in [-0.2, -0.15) is 4.80 Å². The highest BCUT2D eigenvalue weighted by molar-refractivity contribution is 5.83. The molecule has 5 nitrogen and oxygen atoms in total. The molecule has 0 unspecified atom stereocenters. The molecule has 3 aromatic carbocycles. The highest BCUT2D eigenvalue weighted by Crippen LogP contribution is 2.23. The molecule has 0 fully saturated rings. The quantitative estimate of drug-likeness (QED) is 0.452. The lowest BCUT2D eigenvalue weighted by Gasteiger charge is -2.04. The summed E-state index contributed by atoms with van der Waals surface area (Å²) in [5.74, 6) is 0. The minimum Gasteiger partial charge on any atom is -0.422 e. The zero-order valence-corrected chi connectivity index (χ0v) is 13.7. The number of hydrogen-bond acceptors (Lipinski definition) is 4. The Morgan fingerprint density at radius 3 is 2.19 bits per heavy atom. The molecular weight excluding hydrogens is 326 g/mol. The molecule has 0 spiro atoms. The zero-order chi connectivity index (χ0) is 17.5. The number of fused-ring (bicyclic) bond motifs is 2. The van der Waals surface area contributed by atoms with Gasteiger partial charge in [-0.25, -0.2) is 4.79 Å². The van der Waals surface area contributed by atoms with Gasteiger partial charge in [0, 0.05) is 11.5 Å². The minimum atomic E-state index is -0.362. The van der Waals surface area contributed by atoms with Gasteiger partial charge in [-0.1, -0.05) is 42.5 Å². The smallest absolute Gasteiger partial charge is 0.344 e. The summed E-state index contributed by atoms with van der Waals surface area (Å²) < 4.78 is 5.56. The van der Waals surface area contributed by atoms with Crippen LogP contribution in [0.3, 0.4) is 0 Å². The Hall–Kier alpha value is -3.73. The SMILES string of the molecule is O=c1oc2cc(-n3nc4ccccc4n3)ccc2cc1-c1ccccc1. The average molecular weight is 339 g/mol. The van der Waals surface area contributed by atoms with Crippen LogP contribution in [-0.2, 0) is 0 Å². The van der Waals surface area contributed by atoms with Crippen molar-refractivity contribution in [2.24, 2.45) is 0 Å². The van der Waals surface area contributed by atoms with E-state index in [1.54, 1.807) is 10.9 Å². The van der Waals surface area contributed by atoms with Crippen LogP contribution in [0.4, 0.5) is 0 Å². The van der Waals surface area contributed by atoms with E-state index in [0.717, 1.165) is 27.7 Å². The van der Waals surface area contributed by atoms with E-state index in [9.17, 15) is 4.79 Å². The molecule has 5 heteroatoms. The van der Waals surface area contributed by atoms with Gasteiger partial charge in [0.25, 0.3) is 0 Å². The molecule has 0 aliphatic heterocycles. The Kier molecular flexibility index (Phi) is 3.18. The fraction of sp³-hybridized carbons (Fsp3) is 0. The maximum Gasteiger partial charge on any atom is 0.344 e. The van der Waals surface area contributed by atoms with Crippen LogP contribution in [0.25, 0.3) is 38.8 Å². The summed E-state index contributed by atoms with van der Waals surface area (Å²) >= 11 is 0. The first kappa shape index (κ1) is 14.6. The van der Waals surface area contributed by atoms with Crippen LogP contribution in [-0.4, -0.2) is 15.0 Å². The number of hydrogen-bond donors (Lipinski definition) is 0. The monoisotopic (exact) mass is 339 g/mol. The topological polar surface area (TPSA) is 60.9 Å². The van der Waals surface area contributed by atoms with Gasteiger partial charge in [-0.05, 0) is 35.9 Å². The standard InChI is InChI=1S/C21H13N3O2/c25-21-17(14-6-2-1-3-7-14)12-15-10-11-16(13-20(15)26-21)24-22-18-8-4-5-9-19(18)23-24/h1-13H. The lowest BCUT2D eigenvalue weighted by molar-refractivity contribution is 0.563. The minimum absolute atomic E-state index is 0.362.